The van der Waals surface area contributed by atoms with Crippen LogP contribution in [0.25, 0.3) is 11.6 Å². The number of rotatable bonds is 7. The molecular weight excluding hydrogens is 380 g/mol. The molecule has 0 saturated carbocycles. The summed E-state index contributed by atoms with van der Waals surface area (Å²) in [6.45, 7) is 6.48. The summed E-state index contributed by atoms with van der Waals surface area (Å²) >= 11 is 1.23. The van der Waals surface area contributed by atoms with E-state index in [1.54, 1.807) is 12.3 Å². The van der Waals surface area contributed by atoms with Crippen molar-refractivity contribution >= 4 is 23.6 Å². The fourth-order valence-electron chi connectivity index (χ4n) is 3.56. The molecule has 1 amide bonds. The van der Waals surface area contributed by atoms with Crippen LogP contribution in [0, 0.1) is 0 Å². The molecule has 0 aromatic carbocycles. The Labute approximate surface area is 168 Å². The van der Waals surface area contributed by atoms with E-state index in [0.29, 0.717) is 23.3 Å². The molecule has 0 spiro atoms. The number of ether oxygens (including phenoxy) is 1. The van der Waals surface area contributed by atoms with Crippen LogP contribution in [-0.4, -0.2) is 56.0 Å². The minimum Gasteiger partial charge on any atom is -0.461 e. The minimum absolute atomic E-state index is 0.0642. The van der Waals surface area contributed by atoms with Crippen LogP contribution in [0.1, 0.15) is 40.0 Å². The van der Waals surface area contributed by atoms with Gasteiger partial charge in [0.2, 0.25) is 0 Å². The highest BCUT2D eigenvalue weighted by atomic mass is 32.2. The van der Waals surface area contributed by atoms with Crippen molar-refractivity contribution in [2.75, 3.05) is 12.4 Å². The molecule has 2 atom stereocenters. The van der Waals surface area contributed by atoms with E-state index in [-0.39, 0.29) is 30.4 Å². The molecular formula is C19H26N4O4S. The normalized spacial score (nSPS) is 19.6. The first-order valence-electron chi connectivity index (χ1n) is 9.58. The molecule has 3 heterocycles. The molecule has 0 bridgehead atoms. The van der Waals surface area contributed by atoms with Crippen LogP contribution in [0.4, 0.5) is 0 Å². The van der Waals surface area contributed by atoms with E-state index in [9.17, 15) is 9.59 Å². The lowest BCUT2D eigenvalue weighted by Gasteiger charge is -2.38. The molecule has 2 aromatic heterocycles. The molecule has 1 aliphatic rings. The maximum atomic E-state index is 12.4. The van der Waals surface area contributed by atoms with E-state index >= 15 is 0 Å². The molecule has 1 fully saturated rings. The fourth-order valence-corrected chi connectivity index (χ4v) is 4.36. The Hall–Kier alpha value is -2.29. The average Bonchev–Trinajstić information content (AvgIpc) is 3.33. The van der Waals surface area contributed by atoms with Gasteiger partial charge in [-0.15, -0.1) is 10.2 Å². The molecule has 3 rings (SSSR count). The summed E-state index contributed by atoms with van der Waals surface area (Å²) in [5, 5.41) is 8.89. The minimum atomic E-state index is -0.444. The molecule has 0 unspecified atom stereocenters. The number of esters is 1. The number of piperidine rings is 1. The highest BCUT2D eigenvalue weighted by Crippen LogP contribution is 2.25. The van der Waals surface area contributed by atoms with Gasteiger partial charge in [-0.2, -0.15) is 0 Å². The van der Waals surface area contributed by atoms with E-state index in [2.05, 4.69) is 10.2 Å². The number of carbonyl (C=O) groups excluding carboxylic acids is 2. The van der Waals surface area contributed by atoms with E-state index in [4.69, 9.17) is 9.15 Å². The lowest BCUT2D eigenvalue weighted by Crippen LogP contribution is -2.49. The van der Waals surface area contributed by atoms with Gasteiger partial charge in [0.25, 0.3) is 5.91 Å². The highest BCUT2D eigenvalue weighted by molar-refractivity contribution is 7.99. The third kappa shape index (κ3) is 4.57. The molecule has 2 aromatic rings. The van der Waals surface area contributed by atoms with Crippen LogP contribution in [0.3, 0.4) is 0 Å². The fraction of sp³-hybridized carbons (Fsp3) is 0.579. The third-order valence-electron chi connectivity index (χ3n) is 4.93. The molecule has 9 heteroatoms. The lowest BCUT2D eigenvalue weighted by atomic mass is 9.97. The number of carbonyl (C=O) groups is 2. The average molecular weight is 407 g/mol. The number of aromatic nitrogens is 3. The van der Waals surface area contributed by atoms with Crippen molar-refractivity contribution in [3.05, 3.63) is 18.4 Å². The predicted molar refractivity (Wildman–Crippen MR) is 105 cm³/mol. The molecule has 1 aliphatic heterocycles. The molecule has 0 radical (unpaired) electrons. The summed E-state index contributed by atoms with van der Waals surface area (Å²) in [5.74, 6) is 0.732. The summed E-state index contributed by atoms with van der Waals surface area (Å²) in [6, 6.07) is 3.97. The number of furan rings is 1. The number of hydrogen-bond acceptors (Lipinski definition) is 7. The van der Waals surface area contributed by atoms with Crippen molar-refractivity contribution in [1.29, 1.82) is 0 Å². The summed E-state index contributed by atoms with van der Waals surface area (Å²) in [4.78, 5) is 26.4. The maximum absolute atomic E-state index is 12.4. The standard InChI is InChI=1S/C19H26N4O4S/c1-4-22-18(15-9-6-10-26-15)20-21-19(22)28-12-17(25)27-11-16(24)23-13(2)7-5-8-14(23)3/h6,9-10,13-14H,4-5,7-8,11-12H2,1-3H3/t13-,14+. The van der Waals surface area contributed by atoms with Crippen LogP contribution in [0.2, 0.25) is 0 Å². The van der Waals surface area contributed by atoms with Crippen LogP contribution >= 0.6 is 11.8 Å². The molecule has 8 nitrogen and oxygen atoms in total. The summed E-state index contributed by atoms with van der Waals surface area (Å²) in [6.07, 6.45) is 4.69. The van der Waals surface area contributed by atoms with Crippen molar-refractivity contribution in [3.8, 4) is 11.6 Å². The zero-order valence-corrected chi connectivity index (χ0v) is 17.3. The Morgan fingerprint density at radius 3 is 2.68 bits per heavy atom. The second kappa shape index (κ2) is 9.27. The van der Waals surface area contributed by atoms with Gasteiger partial charge in [-0.05, 0) is 52.2 Å². The lowest BCUT2D eigenvalue weighted by molar-refractivity contribution is -0.153. The zero-order valence-electron chi connectivity index (χ0n) is 16.5. The molecule has 1 saturated heterocycles. The Balaban J connectivity index is 1.51. The number of nitrogens with zero attached hydrogens (tertiary/aromatic N) is 4. The van der Waals surface area contributed by atoms with Crippen molar-refractivity contribution in [1.82, 2.24) is 19.7 Å². The second-order valence-electron chi connectivity index (χ2n) is 6.91. The second-order valence-corrected chi connectivity index (χ2v) is 7.85. The molecule has 152 valence electrons. The number of likely N-dealkylation sites (tertiary alicyclic amines) is 1. The van der Waals surface area contributed by atoms with Crippen LogP contribution in [-0.2, 0) is 20.9 Å². The van der Waals surface area contributed by atoms with Crippen molar-refractivity contribution in [3.63, 3.8) is 0 Å². The Bertz CT molecular complexity index is 795. The topological polar surface area (TPSA) is 90.5 Å². The third-order valence-corrected chi connectivity index (χ3v) is 5.87. The first-order valence-corrected chi connectivity index (χ1v) is 10.6. The van der Waals surface area contributed by atoms with Crippen molar-refractivity contribution < 1.29 is 18.7 Å². The van der Waals surface area contributed by atoms with E-state index in [0.717, 1.165) is 19.3 Å². The van der Waals surface area contributed by atoms with Gasteiger partial charge in [0, 0.05) is 18.6 Å². The van der Waals surface area contributed by atoms with Crippen LogP contribution in [0.5, 0.6) is 0 Å². The van der Waals surface area contributed by atoms with Gasteiger partial charge in [-0.25, -0.2) is 0 Å². The number of amides is 1. The molecule has 0 N–H and O–H groups in total. The molecule has 0 aliphatic carbocycles. The number of hydrogen-bond donors (Lipinski definition) is 0. The summed E-state index contributed by atoms with van der Waals surface area (Å²) in [5.41, 5.74) is 0. The largest absolute Gasteiger partial charge is 0.461 e. The Kier molecular flexibility index (Phi) is 6.77. The van der Waals surface area contributed by atoms with Gasteiger partial charge >= 0.3 is 5.97 Å². The van der Waals surface area contributed by atoms with Crippen LogP contribution < -0.4 is 0 Å². The van der Waals surface area contributed by atoms with Gasteiger partial charge < -0.3 is 14.1 Å². The smallest absolute Gasteiger partial charge is 0.316 e. The van der Waals surface area contributed by atoms with E-state index in [1.807, 2.05) is 36.3 Å². The highest BCUT2D eigenvalue weighted by Gasteiger charge is 2.29. The maximum Gasteiger partial charge on any atom is 0.316 e. The van der Waals surface area contributed by atoms with Crippen molar-refractivity contribution in [2.45, 2.75) is 63.8 Å². The zero-order chi connectivity index (χ0) is 20.1. The van der Waals surface area contributed by atoms with Gasteiger partial charge in [0.1, 0.15) is 0 Å². The van der Waals surface area contributed by atoms with E-state index < -0.39 is 5.97 Å². The predicted octanol–water partition coefficient (Wildman–Crippen LogP) is 2.98. The monoisotopic (exact) mass is 406 g/mol. The van der Waals surface area contributed by atoms with E-state index in [1.165, 1.54) is 11.8 Å². The Morgan fingerprint density at radius 2 is 2.04 bits per heavy atom. The van der Waals surface area contributed by atoms with Crippen molar-refractivity contribution in [2.24, 2.45) is 0 Å². The van der Waals surface area contributed by atoms with Gasteiger partial charge in [0.15, 0.2) is 23.3 Å². The Morgan fingerprint density at radius 1 is 1.29 bits per heavy atom. The van der Waals surface area contributed by atoms with Gasteiger partial charge in [-0.1, -0.05) is 11.8 Å². The van der Waals surface area contributed by atoms with Gasteiger partial charge in [0.05, 0.1) is 12.0 Å². The first kappa shape index (κ1) is 20.4. The molecule has 28 heavy (non-hydrogen) atoms. The first-order chi connectivity index (χ1) is 13.5. The SMILES string of the molecule is CCn1c(SCC(=O)OCC(=O)N2[C@H](C)CCC[C@@H]2C)nnc1-c1ccco1. The van der Waals surface area contributed by atoms with Gasteiger partial charge in [-0.3, -0.25) is 14.2 Å². The summed E-state index contributed by atoms with van der Waals surface area (Å²) in [7, 11) is 0. The van der Waals surface area contributed by atoms with Crippen LogP contribution in [0.15, 0.2) is 28.0 Å². The quantitative estimate of drug-likeness (QED) is 0.516. The summed E-state index contributed by atoms with van der Waals surface area (Å²) < 4.78 is 12.4. The number of thioether (sulfide) groups is 1.